The molecule has 14 heteroatoms. The molecule has 9 nitrogen and oxygen atoms in total. The predicted molar refractivity (Wildman–Crippen MR) is 126 cm³/mol. The Morgan fingerprint density at radius 3 is 2.57 bits per heavy atom. The predicted octanol–water partition coefficient (Wildman–Crippen LogP) is 3.98. The zero-order chi connectivity index (χ0) is 26.4. The first-order valence-electron chi connectivity index (χ1n) is 11.1. The number of halogens is 5. The first kappa shape index (κ1) is 25.6. The lowest BCUT2D eigenvalue weighted by molar-refractivity contribution is -0.161. The zero-order valence-electron chi connectivity index (χ0n) is 19.1. The molecule has 2 aromatic heterocycles. The van der Waals surface area contributed by atoms with Crippen molar-refractivity contribution in [3.05, 3.63) is 75.7 Å². The fourth-order valence-corrected chi connectivity index (χ4v) is 4.64. The topological polar surface area (TPSA) is 111 Å². The van der Waals surface area contributed by atoms with Crippen LogP contribution < -0.4 is 0 Å². The van der Waals surface area contributed by atoms with Gasteiger partial charge in [-0.3, -0.25) is 0 Å². The summed E-state index contributed by atoms with van der Waals surface area (Å²) in [6.07, 6.45) is -1.55. The molecule has 1 aliphatic rings. The summed E-state index contributed by atoms with van der Waals surface area (Å²) in [5, 5.41) is 33.9. The van der Waals surface area contributed by atoms with Crippen molar-refractivity contribution in [1.29, 1.82) is 0 Å². The molecule has 1 saturated heterocycles. The molecule has 0 saturated carbocycles. The van der Waals surface area contributed by atoms with Crippen molar-refractivity contribution in [2.45, 2.75) is 37.7 Å². The summed E-state index contributed by atoms with van der Waals surface area (Å²) in [7, 11) is 0. The van der Waals surface area contributed by atoms with Gasteiger partial charge in [0.2, 0.25) is 0 Å². The summed E-state index contributed by atoms with van der Waals surface area (Å²) in [5.41, 5.74) is 0.476. The van der Waals surface area contributed by atoms with E-state index >= 15 is 0 Å². The monoisotopic (exact) mass is 554 g/mol. The van der Waals surface area contributed by atoms with Crippen LogP contribution in [0.15, 0.2) is 36.5 Å². The lowest BCUT2D eigenvalue weighted by atomic mass is 9.95. The van der Waals surface area contributed by atoms with Crippen LogP contribution in [0.4, 0.5) is 13.2 Å². The maximum Gasteiger partial charge on any atom is 0.194 e. The molecule has 4 atom stereocenters. The first-order valence-corrected chi connectivity index (χ1v) is 11.8. The van der Waals surface area contributed by atoms with Crippen LogP contribution in [-0.4, -0.2) is 58.8 Å². The average molecular weight is 555 g/mol. The number of ether oxygens (including phenoxy) is 1. The van der Waals surface area contributed by atoms with Crippen LogP contribution in [-0.2, 0) is 4.74 Å². The number of rotatable bonds is 5. The number of hydrogen-bond donors (Lipinski definition) is 2. The highest BCUT2D eigenvalue weighted by Crippen LogP contribution is 2.39. The van der Waals surface area contributed by atoms with Gasteiger partial charge in [-0.25, -0.2) is 27.5 Å². The Labute approximate surface area is 218 Å². The van der Waals surface area contributed by atoms with Crippen molar-refractivity contribution >= 4 is 23.2 Å². The molecular formula is C23H19Cl2F3N6O3. The highest BCUT2D eigenvalue weighted by molar-refractivity contribution is 6.34. The fraction of sp³-hybridized carbons (Fsp3) is 0.304. The second-order valence-corrected chi connectivity index (χ2v) is 9.35. The van der Waals surface area contributed by atoms with Crippen LogP contribution in [0.3, 0.4) is 0 Å². The van der Waals surface area contributed by atoms with Crippen LogP contribution in [0.1, 0.15) is 30.2 Å². The minimum absolute atomic E-state index is 0.0366. The van der Waals surface area contributed by atoms with E-state index in [1.165, 1.54) is 15.6 Å². The summed E-state index contributed by atoms with van der Waals surface area (Å²) < 4.78 is 49.6. The van der Waals surface area contributed by atoms with Crippen molar-refractivity contribution in [3.8, 4) is 16.9 Å². The molecule has 2 N–H and O–H groups in total. The van der Waals surface area contributed by atoms with Crippen LogP contribution in [0, 0.1) is 24.4 Å². The van der Waals surface area contributed by atoms with Gasteiger partial charge in [0.1, 0.15) is 29.8 Å². The summed E-state index contributed by atoms with van der Waals surface area (Å²) >= 11 is 12.5. The summed E-state index contributed by atoms with van der Waals surface area (Å²) in [6.45, 7) is 1.16. The third kappa shape index (κ3) is 4.82. The molecule has 1 aliphatic heterocycles. The number of hydrogen-bond acceptors (Lipinski definition) is 7. The second-order valence-electron chi connectivity index (χ2n) is 8.50. The maximum absolute atomic E-state index is 13.7. The SMILES string of the molecule is Cc1nc([C@@H]2C[C@H](n3cc(-c4cc(F)c(F)c(F)c4)nn3)[C@@H](O)[C@@H](CO)O2)n(-c2cc(Cl)ccc2Cl)n1. The molecule has 0 bridgehead atoms. The van der Waals surface area contributed by atoms with Crippen LogP contribution in [0.25, 0.3) is 16.9 Å². The summed E-state index contributed by atoms with van der Waals surface area (Å²) in [6, 6.07) is 5.67. The molecule has 5 rings (SSSR count). The van der Waals surface area contributed by atoms with Crippen LogP contribution in [0.2, 0.25) is 10.0 Å². The Balaban J connectivity index is 1.51. The molecular weight excluding hydrogens is 536 g/mol. The van der Waals surface area contributed by atoms with E-state index < -0.39 is 48.4 Å². The maximum atomic E-state index is 13.7. The first-order chi connectivity index (χ1) is 17.7. The van der Waals surface area contributed by atoms with Crippen molar-refractivity contribution < 1.29 is 28.1 Å². The standard InChI is InChI=1S/C23H19Cl2F3N6O3/c1-10-29-23(34(31-10)17-6-12(24)2-3-13(17)25)19-7-18(22(36)20(9-35)37-19)33-8-16(30-32-33)11-4-14(26)21(28)15(27)5-11/h2-6,8,18-20,22,35-36H,7,9H2,1H3/t18-,19-,20+,22+/m0/s1. The minimum atomic E-state index is -1.59. The molecule has 0 spiro atoms. The van der Waals surface area contributed by atoms with E-state index in [4.69, 9.17) is 27.9 Å². The van der Waals surface area contributed by atoms with Gasteiger partial charge < -0.3 is 14.9 Å². The van der Waals surface area contributed by atoms with E-state index in [1.807, 2.05) is 0 Å². The van der Waals surface area contributed by atoms with E-state index in [1.54, 1.807) is 25.1 Å². The van der Waals surface area contributed by atoms with Crippen molar-refractivity contribution in [2.75, 3.05) is 6.61 Å². The minimum Gasteiger partial charge on any atom is -0.394 e. The molecule has 1 fully saturated rings. The van der Waals surface area contributed by atoms with Crippen molar-refractivity contribution in [3.63, 3.8) is 0 Å². The number of aromatic nitrogens is 6. The van der Waals surface area contributed by atoms with E-state index in [2.05, 4.69) is 20.4 Å². The smallest absolute Gasteiger partial charge is 0.194 e. The molecule has 3 heterocycles. The van der Waals surface area contributed by atoms with Gasteiger partial charge in [-0.15, -0.1) is 5.10 Å². The van der Waals surface area contributed by atoms with Crippen molar-refractivity contribution in [2.24, 2.45) is 0 Å². The average Bonchev–Trinajstić information content (AvgIpc) is 3.51. The Hall–Kier alpha value is -3.03. The number of nitrogens with zero attached hydrogens (tertiary/aromatic N) is 6. The lowest BCUT2D eigenvalue weighted by Crippen LogP contribution is -2.45. The van der Waals surface area contributed by atoms with E-state index in [0.717, 1.165) is 12.1 Å². The van der Waals surface area contributed by atoms with Gasteiger partial charge >= 0.3 is 0 Å². The Morgan fingerprint density at radius 1 is 1.14 bits per heavy atom. The number of benzene rings is 2. The van der Waals surface area contributed by atoms with Gasteiger partial charge in [0.25, 0.3) is 0 Å². The third-order valence-corrected chi connectivity index (χ3v) is 6.60. The molecule has 0 unspecified atom stereocenters. The zero-order valence-corrected chi connectivity index (χ0v) is 20.6. The molecule has 0 radical (unpaired) electrons. The normalized spacial score (nSPS) is 21.9. The van der Waals surface area contributed by atoms with Crippen LogP contribution in [0.5, 0.6) is 0 Å². The number of aliphatic hydroxyl groups is 2. The molecule has 4 aromatic rings. The van der Waals surface area contributed by atoms with E-state index in [-0.39, 0.29) is 17.7 Å². The third-order valence-electron chi connectivity index (χ3n) is 6.04. The van der Waals surface area contributed by atoms with Gasteiger partial charge in [-0.2, -0.15) is 5.10 Å². The van der Waals surface area contributed by atoms with E-state index in [0.29, 0.717) is 27.4 Å². The summed E-state index contributed by atoms with van der Waals surface area (Å²) in [5.74, 6) is -3.57. The molecule has 0 aliphatic carbocycles. The largest absolute Gasteiger partial charge is 0.394 e. The number of aryl methyl sites for hydroxylation is 1. The Kier molecular flexibility index (Phi) is 6.94. The molecule has 37 heavy (non-hydrogen) atoms. The second kappa shape index (κ2) is 10.0. The summed E-state index contributed by atoms with van der Waals surface area (Å²) in [4.78, 5) is 4.48. The van der Waals surface area contributed by atoms with E-state index in [9.17, 15) is 23.4 Å². The van der Waals surface area contributed by atoms with Gasteiger partial charge in [-0.1, -0.05) is 28.4 Å². The highest BCUT2D eigenvalue weighted by Gasteiger charge is 2.41. The van der Waals surface area contributed by atoms with Gasteiger partial charge in [0.05, 0.1) is 29.6 Å². The van der Waals surface area contributed by atoms with Crippen LogP contribution >= 0.6 is 23.2 Å². The van der Waals surface area contributed by atoms with Gasteiger partial charge in [-0.05, 0) is 37.3 Å². The van der Waals surface area contributed by atoms with Crippen molar-refractivity contribution in [1.82, 2.24) is 29.8 Å². The Morgan fingerprint density at radius 2 is 1.86 bits per heavy atom. The van der Waals surface area contributed by atoms with Gasteiger partial charge in [0, 0.05) is 17.0 Å². The fourth-order valence-electron chi connectivity index (χ4n) is 4.28. The Bertz CT molecular complexity index is 1440. The highest BCUT2D eigenvalue weighted by atomic mass is 35.5. The molecule has 194 valence electrons. The van der Waals surface area contributed by atoms with Gasteiger partial charge in [0.15, 0.2) is 23.3 Å². The number of aliphatic hydroxyl groups excluding tert-OH is 2. The molecule has 0 amide bonds. The quantitative estimate of drug-likeness (QED) is 0.359. The lowest BCUT2D eigenvalue weighted by Gasteiger charge is -2.38. The molecule has 2 aromatic carbocycles.